The molecule has 11 nitrogen and oxygen atoms in total. The molecule has 1 amide bonds. The predicted octanol–water partition coefficient (Wildman–Crippen LogP) is -3.77. The van der Waals surface area contributed by atoms with E-state index in [9.17, 15) is 29.7 Å². The fourth-order valence-electron chi connectivity index (χ4n) is 2.30. The van der Waals surface area contributed by atoms with Crippen LogP contribution in [0.25, 0.3) is 0 Å². The number of hydrogen-bond donors (Lipinski definition) is 5. The van der Waals surface area contributed by atoms with E-state index in [2.05, 4.69) is 4.74 Å². The van der Waals surface area contributed by atoms with Crippen LogP contribution in [-0.4, -0.2) is 74.9 Å². The molecule has 5 N–H and O–H groups in total. The van der Waals surface area contributed by atoms with E-state index >= 15 is 0 Å². The van der Waals surface area contributed by atoms with Gasteiger partial charge in [0.05, 0.1) is 6.61 Å². The SMILES string of the molecule is CC(=O)N[C@@]12OC(=O)/C=C/C(=O)O[C@]1(O)O[C@H](CO)[C@@H](O)[C@@H]2O. The molecule has 11 heteroatoms. The van der Waals surface area contributed by atoms with Crippen molar-refractivity contribution in [2.45, 2.75) is 36.9 Å². The van der Waals surface area contributed by atoms with Crippen molar-refractivity contribution in [1.29, 1.82) is 0 Å². The normalized spacial score (nSPS) is 41.7. The maximum absolute atomic E-state index is 11.7. The van der Waals surface area contributed by atoms with Crippen molar-refractivity contribution in [3.05, 3.63) is 12.2 Å². The largest absolute Gasteiger partial charge is 0.422 e. The number of hydrogen-bond acceptors (Lipinski definition) is 10. The number of rotatable bonds is 2. The van der Waals surface area contributed by atoms with Crippen molar-refractivity contribution in [3.63, 3.8) is 0 Å². The lowest BCUT2D eigenvalue weighted by atomic mass is 9.91. The first-order chi connectivity index (χ1) is 10.6. The summed E-state index contributed by atoms with van der Waals surface area (Å²) in [5.41, 5.74) is -2.85. The Hall–Kier alpha value is -2.05. The van der Waals surface area contributed by atoms with Crippen molar-refractivity contribution in [2.24, 2.45) is 0 Å². The molecule has 1 saturated heterocycles. The molecule has 0 spiro atoms. The number of esters is 2. The van der Waals surface area contributed by atoms with Gasteiger partial charge in [0, 0.05) is 19.1 Å². The zero-order chi connectivity index (χ0) is 17.4. The maximum Gasteiger partial charge on any atom is 0.393 e. The van der Waals surface area contributed by atoms with Gasteiger partial charge in [0.2, 0.25) is 5.91 Å². The van der Waals surface area contributed by atoms with Crippen LogP contribution in [0.5, 0.6) is 0 Å². The van der Waals surface area contributed by atoms with E-state index in [0.717, 1.165) is 6.92 Å². The molecule has 2 rings (SSSR count). The van der Waals surface area contributed by atoms with Gasteiger partial charge in [-0.3, -0.25) is 4.79 Å². The summed E-state index contributed by atoms with van der Waals surface area (Å²) in [6.45, 7) is 0.0781. The molecule has 1 fully saturated rings. The Morgan fingerprint density at radius 3 is 2.35 bits per heavy atom. The average Bonchev–Trinajstić information content (AvgIpc) is 2.45. The van der Waals surface area contributed by atoms with Crippen LogP contribution < -0.4 is 5.32 Å². The van der Waals surface area contributed by atoms with Gasteiger partial charge in [-0.15, -0.1) is 0 Å². The number of carbonyl (C=O) groups is 3. The van der Waals surface area contributed by atoms with Crippen LogP contribution in [0, 0.1) is 0 Å². The van der Waals surface area contributed by atoms with Crippen LogP contribution in [0.2, 0.25) is 0 Å². The lowest BCUT2D eigenvalue weighted by molar-refractivity contribution is -0.469. The number of amides is 1. The van der Waals surface area contributed by atoms with Crippen molar-refractivity contribution >= 4 is 17.8 Å². The minimum absolute atomic E-state index is 0.618. The van der Waals surface area contributed by atoms with Crippen molar-refractivity contribution in [2.75, 3.05) is 6.61 Å². The summed E-state index contributed by atoms with van der Waals surface area (Å²) in [5, 5.41) is 41.7. The van der Waals surface area contributed by atoms with Crippen LogP contribution in [0.1, 0.15) is 6.92 Å². The number of aliphatic hydroxyl groups excluding tert-OH is 3. The predicted molar refractivity (Wildman–Crippen MR) is 66.8 cm³/mol. The van der Waals surface area contributed by atoms with E-state index in [4.69, 9.17) is 14.6 Å². The second kappa shape index (κ2) is 5.86. The number of aliphatic hydroxyl groups is 4. The Kier molecular flexibility index (Phi) is 4.41. The van der Waals surface area contributed by atoms with Gasteiger partial charge < -0.3 is 40.0 Å². The summed E-state index contributed by atoms with van der Waals surface area (Å²) in [4.78, 5) is 34.7. The molecule has 23 heavy (non-hydrogen) atoms. The lowest BCUT2D eigenvalue weighted by Gasteiger charge is -2.52. The topological polar surface area (TPSA) is 172 Å². The smallest absolute Gasteiger partial charge is 0.393 e. The van der Waals surface area contributed by atoms with Crippen LogP contribution in [0.4, 0.5) is 0 Å². The number of fused-ring (bicyclic) bond motifs is 1. The Balaban J connectivity index is 2.60. The first kappa shape index (κ1) is 17.3. The zero-order valence-corrected chi connectivity index (χ0v) is 11.8. The standard InChI is InChI=1S/C12H15NO10/c1-5(15)13-11-10(19)9(18)6(4-14)21-12(11,20)23-8(17)3-2-7(16)22-11/h2-3,6,9-10,14,18-20H,4H2,1H3,(H,13,15)/b3-2+/t6-,9-,10+,11+,12-/m1/s1. The summed E-state index contributed by atoms with van der Waals surface area (Å²) in [6.07, 6.45) is -4.42. The third-order valence-corrected chi connectivity index (χ3v) is 3.30. The van der Waals surface area contributed by atoms with Gasteiger partial charge in [0.25, 0.3) is 0 Å². The van der Waals surface area contributed by atoms with E-state index in [-0.39, 0.29) is 0 Å². The molecule has 0 radical (unpaired) electrons. The molecule has 2 aliphatic heterocycles. The number of ether oxygens (including phenoxy) is 3. The van der Waals surface area contributed by atoms with E-state index in [1.54, 1.807) is 0 Å². The number of carbonyl (C=O) groups excluding carboxylic acids is 3. The summed E-state index contributed by atoms with van der Waals surface area (Å²) >= 11 is 0. The fraction of sp³-hybridized carbons (Fsp3) is 0.583. The maximum atomic E-state index is 11.7. The van der Waals surface area contributed by atoms with E-state index in [0.29, 0.717) is 12.2 Å². The lowest BCUT2D eigenvalue weighted by Crippen LogP contribution is -2.81. The van der Waals surface area contributed by atoms with Gasteiger partial charge in [0.1, 0.15) is 12.2 Å². The number of nitrogens with one attached hydrogen (secondary N) is 1. The second-order valence-corrected chi connectivity index (χ2v) is 4.95. The highest BCUT2D eigenvalue weighted by Crippen LogP contribution is 2.39. The van der Waals surface area contributed by atoms with Crippen molar-refractivity contribution < 1.29 is 49.0 Å². The molecule has 0 unspecified atom stereocenters. The Morgan fingerprint density at radius 1 is 1.26 bits per heavy atom. The van der Waals surface area contributed by atoms with Gasteiger partial charge in [0.15, 0.2) is 6.10 Å². The molecule has 0 bridgehead atoms. The second-order valence-electron chi connectivity index (χ2n) is 4.95. The first-order valence-corrected chi connectivity index (χ1v) is 6.45. The third-order valence-electron chi connectivity index (χ3n) is 3.30. The molecular formula is C12H15NO10. The Morgan fingerprint density at radius 2 is 1.83 bits per heavy atom. The molecule has 2 heterocycles. The van der Waals surface area contributed by atoms with Gasteiger partial charge in [-0.2, -0.15) is 0 Å². The van der Waals surface area contributed by atoms with Crippen LogP contribution >= 0.6 is 0 Å². The van der Waals surface area contributed by atoms with Gasteiger partial charge in [-0.1, -0.05) is 0 Å². The monoisotopic (exact) mass is 333 g/mol. The zero-order valence-electron chi connectivity index (χ0n) is 11.8. The summed E-state index contributed by atoms with van der Waals surface area (Å²) in [6, 6.07) is 0. The molecule has 0 aromatic carbocycles. The highest BCUT2D eigenvalue weighted by molar-refractivity contribution is 5.93. The summed E-state index contributed by atoms with van der Waals surface area (Å²) in [7, 11) is 0. The molecule has 0 saturated carbocycles. The van der Waals surface area contributed by atoms with Crippen LogP contribution in [0.3, 0.4) is 0 Å². The molecule has 0 aromatic rings. The fourth-order valence-corrected chi connectivity index (χ4v) is 2.30. The van der Waals surface area contributed by atoms with Crippen molar-refractivity contribution in [3.8, 4) is 0 Å². The quantitative estimate of drug-likeness (QED) is 0.316. The van der Waals surface area contributed by atoms with Crippen molar-refractivity contribution in [1.82, 2.24) is 5.32 Å². The Bertz CT molecular complexity index is 562. The van der Waals surface area contributed by atoms with E-state index < -0.39 is 54.5 Å². The summed E-state index contributed by atoms with van der Waals surface area (Å²) in [5.74, 6) is -6.58. The molecule has 0 aromatic heterocycles. The van der Waals surface area contributed by atoms with Crippen LogP contribution in [-0.2, 0) is 28.6 Å². The average molecular weight is 333 g/mol. The molecule has 5 atom stereocenters. The highest BCUT2D eigenvalue weighted by atomic mass is 16.9. The molecule has 128 valence electrons. The molecular weight excluding hydrogens is 318 g/mol. The minimum atomic E-state index is -3.19. The van der Waals surface area contributed by atoms with Gasteiger partial charge in [-0.05, 0) is 0 Å². The van der Waals surface area contributed by atoms with Gasteiger partial charge in [-0.25, -0.2) is 9.59 Å². The van der Waals surface area contributed by atoms with E-state index in [1.165, 1.54) is 0 Å². The first-order valence-electron chi connectivity index (χ1n) is 6.45. The van der Waals surface area contributed by atoms with E-state index in [1.807, 2.05) is 5.32 Å². The molecule has 2 aliphatic rings. The van der Waals surface area contributed by atoms with Crippen LogP contribution in [0.15, 0.2) is 12.2 Å². The Labute approximate surface area is 129 Å². The highest BCUT2D eigenvalue weighted by Gasteiger charge is 2.71. The van der Waals surface area contributed by atoms with Gasteiger partial charge >= 0.3 is 23.6 Å². The molecule has 0 aliphatic carbocycles. The third kappa shape index (κ3) is 2.80. The minimum Gasteiger partial charge on any atom is -0.422 e. The summed E-state index contributed by atoms with van der Waals surface area (Å²) < 4.78 is 14.3.